The number of hydrogen-bond acceptors (Lipinski definition) is 4. The molecule has 1 aromatic carbocycles. The van der Waals surface area contributed by atoms with Crippen molar-refractivity contribution >= 4 is 11.4 Å². The second-order valence-corrected chi connectivity index (χ2v) is 1.97. The Kier molecular flexibility index (Phi) is 1.75. The van der Waals surface area contributed by atoms with Crippen LogP contribution in [0, 0.1) is 0 Å². The van der Waals surface area contributed by atoms with Gasteiger partial charge in [0.1, 0.15) is 0 Å². The highest BCUT2D eigenvalue weighted by atomic mass is 15.6. The molecular weight excluding hydrogens is 128 g/mol. The first-order valence-electron chi connectivity index (χ1n) is 2.86. The van der Waals surface area contributed by atoms with Gasteiger partial charge in [-0.3, -0.25) is 0 Å². The van der Waals surface area contributed by atoms with Crippen molar-refractivity contribution in [3.05, 3.63) is 24.3 Å². The summed E-state index contributed by atoms with van der Waals surface area (Å²) in [6, 6.07) is 7.12. The van der Waals surface area contributed by atoms with Crippen LogP contribution >= 0.6 is 0 Å². The SMILES string of the molecule is Nc1ccccc1N(N)N. The zero-order chi connectivity index (χ0) is 7.56. The van der Waals surface area contributed by atoms with Gasteiger partial charge in [-0.25, -0.2) is 16.8 Å². The van der Waals surface area contributed by atoms with Crippen LogP contribution in [-0.2, 0) is 0 Å². The molecule has 0 aromatic heterocycles. The average Bonchev–Trinajstić information content (AvgIpc) is 1.88. The van der Waals surface area contributed by atoms with Gasteiger partial charge in [-0.2, -0.15) is 0 Å². The van der Waals surface area contributed by atoms with Crippen LogP contribution in [0.1, 0.15) is 0 Å². The molecule has 54 valence electrons. The summed E-state index contributed by atoms with van der Waals surface area (Å²) >= 11 is 0. The summed E-state index contributed by atoms with van der Waals surface area (Å²) < 4.78 is 0. The van der Waals surface area contributed by atoms with Crippen molar-refractivity contribution in [3.63, 3.8) is 0 Å². The minimum absolute atomic E-state index is 0.576. The maximum Gasteiger partial charge on any atom is 0.0926 e. The highest BCUT2D eigenvalue weighted by Gasteiger charge is 1.97. The van der Waals surface area contributed by atoms with Crippen LogP contribution in [0.5, 0.6) is 0 Å². The lowest BCUT2D eigenvalue weighted by Crippen LogP contribution is -2.38. The fourth-order valence-electron chi connectivity index (χ4n) is 0.723. The predicted octanol–water partition coefficient (Wildman–Crippen LogP) is -0.177. The molecule has 0 fully saturated rings. The summed E-state index contributed by atoms with van der Waals surface area (Å²) in [7, 11) is 0. The van der Waals surface area contributed by atoms with Crippen LogP contribution in [0.25, 0.3) is 0 Å². The molecule has 0 saturated carbocycles. The first-order chi connectivity index (χ1) is 4.72. The van der Waals surface area contributed by atoms with Crippen LogP contribution in [0.2, 0.25) is 0 Å². The zero-order valence-corrected chi connectivity index (χ0v) is 5.49. The van der Waals surface area contributed by atoms with Gasteiger partial charge < -0.3 is 5.73 Å². The fourth-order valence-corrected chi connectivity index (χ4v) is 0.723. The van der Waals surface area contributed by atoms with Gasteiger partial charge in [0.25, 0.3) is 0 Å². The molecule has 0 unspecified atom stereocenters. The molecule has 0 aliphatic carbocycles. The van der Waals surface area contributed by atoms with E-state index in [4.69, 9.17) is 17.4 Å². The molecule has 0 atom stereocenters. The topological polar surface area (TPSA) is 81.3 Å². The number of benzene rings is 1. The van der Waals surface area contributed by atoms with Crippen LogP contribution in [0.15, 0.2) is 24.3 Å². The standard InChI is InChI=1S/C6H10N4/c7-5-3-1-2-4-6(5)10(8)9/h1-4H,7-9H2. The second-order valence-electron chi connectivity index (χ2n) is 1.97. The molecule has 1 aromatic rings. The largest absolute Gasteiger partial charge is 0.397 e. The van der Waals surface area contributed by atoms with Crippen LogP contribution in [0.4, 0.5) is 11.4 Å². The van der Waals surface area contributed by atoms with Crippen LogP contribution < -0.4 is 22.5 Å². The Hall–Kier alpha value is -1.26. The molecule has 0 bridgehead atoms. The summed E-state index contributed by atoms with van der Waals surface area (Å²) in [6.45, 7) is 0. The molecule has 0 aliphatic rings. The molecule has 10 heavy (non-hydrogen) atoms. The van der Waals surface area contributed by atoms with Gasteiger partial charge in [0.2, 0.25) is 0 Å². The summed E-state index contributed by atoms with van der Waals surface area (Å²) in [6.07, 6.45) is 0. The summed E-state index contributed by atoms with van der Waals surface area (Å²) in [4.78, 5) is 0. The van der Waals surface area contributed by atoms with E-state index in [0.717, 1.165) is 5.12 Å². The van der Waals surface area contributed by atoms with E-state index in [1.54, 1.807) is 12.1 Å². The Labute approximate surface area is 59.2 Å². The average molecular weight is 138 g/mol. The monoisotopic (exact) mass is 138 g/mol. The molecule has 0 spiro atoms. The Bertz CT molecular complexity index is 221. The molecule has 1 rings (SSSR count). The molecular formula is C6H10N4. The summed E-state index contributed by atoms with van der Waals surface area (Å²) in [5, 5.41) is 0.995. The molecule has 0 radical (unpaired) electrons. The Morgan fingerprint density at radius 2 is 1.70 bits per heavy atom. The van der Waals surface area contributed by atoms with Crippen molar-refractivity contribution in [1.82, 2.24) is 0 Å². The predicted molar refractivity (Wildman–Crippen MR) is 41.7 cm³/mol. The second kappa shape index (κ2) is 2.55. The lowest BCUT2D eigenvalue weighted by Gasteiger charge is -2.12. The lowest BCUT2D eigenvalue weighted by atomic mass is 10.3. The van der Waals surface area contributed by atoms with E-state index in [1.165, 1.54) is 0 Å². The number of rotatable bonds is 1. The van der Waals surface area contributed by atoms with E-state index in [1.807, 2.05) is 12.1 Å². The maximum atomic E-state index is 5.52. The Morgan fingerprint density at radius 1 is 1.10 bits per heavy atom. The quantitative estimate of drug-likeness (QED) is 0.286. The third-order valence-electron chi connectivity index (χ3n) is 1.21. The number of hydrazine groups is 2. The molecule has 0 saturated heterocycles. The molecule has 4 nitrogen and oxygen atoms in total. The van der Waals surface area contributed by atoms with E-state index in [-0.39, 0.29) is 0 Å². The maximum absolute atomic E-state index is 5.52. The van der Waals surface area contributed by atoms with Gasteiger partial charge in [0.05, 0.1) is 11.4 Å². The zero-order valence-electron chi connectivity index (χ0n) is 5.49. The Morgan fingerprint density at radius 3 is 2.10 bits per heavy atom. The smallest absolute Gasteiger partial charge is 0.0926 e. The highest BCUT2D eigenvalue weighted by Crippen LogP contribution is 2.16. The highest BCUT2D eigenvalue weighted by molar-refractivity contribution is 5.65. The van der Waals surface area contributed by atoms with Crippen LogP contribution in [0.3, 0.4) is 0 Å². The van der Waals surface area contributed by atoms with Crippen molar-refractivity contribution in [2.45, 2.75) is 0 Å². The van der Waals surface area contributed by atoms with Crippen molar-refractivity contribution in [2.75, 3.05) is 10.9 Å². The lowest BCUT2D eigenvalue weighted by molar-refractivity contribution is 0.927. The van der Waals surface area contributed by atoms with Gasteiger partial charge in [0.15, 0.2) is 0 Å². The number of hydrogen-bond donors (Lipinski definition) is 3. The van der Waals surface area contributed by atoms with Crippen molar-refractivity contribution in [3.8, 4) is 0 Å². The van der Waals surface area contributed by atoms with Crippen LogP contribution in [-0.4, -0.2) is 0 Å². The van der Waals surface area contributed by atoms with Gasteiger partial charge >= 0.3 is 0 Å². The minimum atomic E-state index is 0.576. The van der Waals surface area contributed by atoms with E-state index in [9.17, 15) is 0 Å². The Balaban J connectivity index is 3.03. The number of para-hydroxylation sites is 2. The van der Waals surface area contributed by atoms with Gasteiger partial charge in [-0.05, 0) is 12.1 Å². The summed E-state index contributed by atoms with van der Waals surface area (Å²) in [5.41, 5.74) is 6.72. The molecule has 0 aliphatic heterocycles. The number of nitrogens with zero attached hydrogens (tertiary/aromatic N) is 1. The van der Waals surface area contributed by atoms with E-state index in [2.05, 4.69) is 0 Å². The number of nitrogen functional groups attached to an aromatic ring is 1. The molecule has 0 heterocycles. The van der Waals surface area contributed by atoms with Crippen molar-refractivity contribution in [2.24, 2.45) is 11.7 Å². The first kappa shape index (κ1) is 6.85. The van der Waals surface area contributed by atoms with Gasteiger partial charge in [-0.15, -0.1) is 0 Å². The molecule has 4 heteroatoms. The van der Waals surface area contributed by atoms with Crippen molar-refractivity contribution in [1.29, 1.82) is 0 Å². The third kappa shape index (κ3) is 1.18. The van der Waals surface area contributed by atoms with E-state index >= 15 is 0 Å². The van der Waals surface area contributed by atoms with Crippen molar-refractivity contribution < 1.29 is 0 Å². The number of anilines is 2. The van der Waals surface area contributed by atoms with Gasteiger partial charge in [-0.1, -0.05) is 12.1 Å². The van der Waals surface area contributed by atoms with E-state index in [0.29, 0.717) is 11.4 Å². The number of nitrogens with two attached hydrogens (primary N) is 3. The molecule has 6 N–H and O–H groups in total. The van der Waals surface area contributed by atoms with E-state index < -0.39 is 0 Å². The fraction of sp³-hybridized carbons (Fsp3) is 0. The normalized spacial score (nSPS) is 9.40. The van der Waals surface area contributed by atoms with Gasteiger partial charge in [0, 0.05) is 0 Å². The third-order valence-corrected chi connectivity index (χ3v) is 1.21. The minimum Gasteiger partial charge on any atom is -0.397 e. The summed E-state index contributed by atoms with van der Waals surface area (Å²) in [5.74, 6) is 10.5. The first-order valence-corrected chi connectivity index (χ1v) is 2.86. The molecule has 0 amide bonds.